The summed E-state index contributed by atoms with van der Waals surface area (Å²) in [5.41, 5.74) is 0.920. The molecule has 0 saturated carbocycles. The Labute approximate surface area is 212 Å². The smallest absolute Gasteiger partial charge is 0.225 e. The minimum Gasteiger partial charge on any atom is -0.494 e. The zero-order valence-electron chi connectivity index (χ0n) is 21.0. The molecule has 0 atom stereocenters. The van der Waals surface area contributed by atoms with E-state index < -0.39 is 0 Å². The summed E-state index contributed by atoms with van der Waals surface area (Å²) in [7, 11) is 1.46. The molecule has 2 aliphatic rings. The van der Waals surface area contributed by atoms with E-state index in [1.165, 1.54) is 13.2 Å². The molecule has 0 aliphatic carbocycles. The number of methoxy groups -OCH3 is 1. The third kappa shape index (κ3) is 7.20. The van der Waals surface area contributed by atoms with Crippen LogP contribution in [0.3, 0.4) is 0 Å². The molecule has 1 N–H and O–H groups in total. The van der Waals surface area contributed by atoms with Gasteiger partial charge in [0.2, 0.25) is 11.8 Å². The van der Waals surface area contributed by atoms with Crippen LogP contribution in [0.1, 0.15) is 37.7 Å². The van der Waals surface area contributed by atoms with Crippen molar-refractivity contribution in [2.45, 2.75) is 44.7 Å². The van der Waals surface area contributed by atoms with Gasteiger partial charge in [-0.2, -0.15) is 0 Å². The van der Waals surface area contributed by atoms with Gasteiger partial charge in [0.05, 0.1) is 20.1 Å². The minimum atomic E-state index is -0.342. The van der Waals surface area contributed by atoms with Crippen LogP contribution in [0.4, 0.5) is 4.39 Å². The van der Waals surface area contributed by atoms with Gasteiger partial charge in [-0.1, -0.05) is 24.3 Å². The number of halogens is 1. The highest BCUT2D eigenvalue weighted by atomic mass is 19.1. The Balaban J connectivity index is 1.12. The maximum absolute atomic E-state index is 14.0. The van der Waals surface area contributed by atoms with Crippen molar-refractivity contribution in [3.63, 3.8) is 0 Å². The van der Waals surface area contributed by atoms with Gasteiger partial charge in [0.15, 0.2) is 11.6 Å². The second-order valence-corrected chi connectivity index (χ2v) is 9.59. The molecular formula is C28H36FN3O4. The second kappa shape index (κ2) is 12.7. The third-order valence-corrected chi connectivity index (χ3v) is 7.10. The van der Waals surface area contributed by atoms with Crippen molar-refractivity contribution < 1.29 is 23.5 Å². The van der Waals surface area contributed by atoms with Gasteiger partial charge in [-0.3, -0.25) is 14.5 Å². The Bertz CT molecular complexity index is 1000. The van der Waals surface area contributed by atoms with E-state index in [4.69, 9.17) is 9.47 Å². The van der Waals surface area contributed by atoms with E-state index in [-0.39, 0.29) is 35.3 Å². The topological polar surface area (TPSA) is 71.1 Å². The summed E-state index contributed by atoms with van der Waals surface area (Å²) in [5, 5.41) is 3.23. The first-order chi connectivity index (χ1) is 17.5. The highest BCUT2D eigenvalue weighted by molar-refractivity contribution is 5.80. The molecular weight excluding hydrogens is 461 g/mol. The summed E-state index contributed by atoms with van der Waals surface area (Å²) < 4.78 is 24.6. The maximum Gasteiger partial charge on any atom is 0.225 e. The molecule has 8 heteroatoms. The standard InChI is InChI=1S/C28H36FN3O4/c1-35-26-8-7-21(19-25(26)29)20-31-14-11-23(12-15-31)30-28(34)22-9-16-32(17-10-22)27(33)13-18-36-24-5-3-2-4-6-24/h2-8,19,22-23H,9-18,20H2,1H3,(H,30,34). The zero-order chi connectivity index (χ0) is 25.3. The van der Waals surface area contributed by atoms with Crippen molar-refractivity contribution >= 4 is 11.8 Å². The number of ether oxygens (including phenoxy) is 2. The Morgan fingerprint density at radius 1 is 1.00 bits per heavy atom. The zero-order valence-corrected chi connectivity index (χ0v) is 21.0. The first-order valence-electron chi connectivity index (χ1n) is 12.8. The van der Waals surface area contributed by atoms with Gasteiger partial charge in [-0.15, -0.1) is 0 Å². The van der Waals surface area contributed by atoms with Gasteiger partial charge >= 0.3 is 0 Å². The van der Waals surface area contributed by atoms with Gasteiger partial charge in [0, 0.05) is 44.7 Å². The van der Waals surface area contributed by atoms with Crippen molar-refractivity contribution in [1.29, 1.82) is 0 Å². The quantitative estimate of drug-likeness (QED) is 0.573. The van der Waals surface area contributed by atoms with Crippen LogP contribution >= 0.6 is 0 Å². The van der Waals surface area contributed by atoms with E-state index in [0.29, 0.717) is 45.5 Å². The molecule has 2 fully saturated rings. The van der Waals surface area contributed by atoms with Gasteiger partial charge in [-0.25, -0.2) is 4.39 Å². The Morgan fingerprint density at radius 2 is 1.72 bits per heavy atom. The molecule has 4 rings (SSSR count). The molecule has 0 radical (unpaired) electrons. The van der Waals surface area contributed by atoms with Crippen LogP contribution in [0.25, 0.3) is 0 Å². The lowest BCUT2D eigenvalue weighted by atomic mass is 9.94. The first kappa shape index (κ1) is 25.9. The third-order valence-electron chi connectivity index (χ3n) is 7.10. The van der Waals surface area contributed by atoms with Crippen LogP contribution in [0.2, 0.25) is 0 Å². The number of carbonyl (C=O) groups excluding carboxylic acids is 2. The maximum atomic E-state index is 14.0. The number of hydrogen-bond donors (Lipinski definition) is 1. The Kier molecular flexibility index (Phi) is 9.17. The molecule has 194 valence electrons. The van der Waals surface area contributed by atoms with E-state index in [1.54, 1.807) is 6.07 Å². The molecule has 2 saturated heterocycles. The molecule has 2 aromatic rings. The molecule has 0 spiro atoms. The molecule has 2 heterocycles. The van der Waals surface area contributed by atoms with Crippen molar-refractivity contribution in [2.24, 2.45) is 5.92 Å². The number of likely N-dealkylation sites (tertiary alicyclic amines) is 2. The molecule has 2 amide bonds. The number of para-hydroxylation sites is 1. The van der Waals surface area contributed by atoms with E-state index >= 15 is 0 Å². The highest BCUT2D eigenvalue weighted by Gasteiger charge is 2.29. The number of nitrogens with zero attached hydrogens (tertiary/aromatic N) is 2. The van der Waals surface area contributed by atoms with Gasteiger partial charge in [0.1, 0.15) is 5.75 Å². The van der Waals surface area contributed by atoms with Crippen LogP contribution in [-0.4, -0.2) is 67.6 Å². The number of rotatable bonds is 9. The summed E-state index contributed by atoms with van der Waals surface area (Å²) in [6.45, 7) is 3.98. The molecule has 2 aromatic carbocycles. The van der Waals surface area contributed by atoms with E-state index in [9.17, 15) is 14.0 Å². The van der Waals surface area contributed by atoms with Crippen LogP contribution in [0, 0.1) is 11.7 Å². The van der Waals surface area contributed by atoms with Crippen molar-refractivity contribution in [2.75, 3.05) is 39.9 Å². The first-order valence-corrected chi connectivity index (χ1v) is 12.8. The van der Waals surface area contributed by atoms with Crippen LogP contribution in [0.5, 0.6) is 11.5 Å². The largest absolute Gasteiger partial charge is 0.494 e. The predicted molar refractivity (Wildman–Crippen MR) is 135 cm³/mol. The monoisotopic (exact) mass is 497 g/mol. The fraction of sp³-hybridized carbons (Fsp3) is 0.500. The summed E-state index contributed by atoms with van der Waals surface area (Å²) in [5.74, 6) is 0.813. The highest BCUT2D eigenvalue weighted by Crippen LogP contribution is 2.22. The van der Waals surface area contributed by atoms with Gasteiger partial charge in [-0.05, 0) is 55.5 Å². The lowest BCUT2D eigenvalue weighted by Gasteiger charge is -2.35. The van der Waals surface area contributed by atoms with Crippen LogP contribution in [0.15, 0.2) is 48.5 Å². The molecule has 0 unspecified atom stereocenters. The fourth-order valence-corrected chi connectivity index (χ4v) is 4.94. The Morgan fingerprint density at radius 3 is 2.39 bits per heavy atom. The summed E-state index contributed by atoms with van der Waals surface area (Å²) in [4.78, 5) is 29.5. The molecule has 0 bridgehead atoms. The Hall–Kier alpha value is -3.13. The number of nitrogens with one attached hydrogen (secondary N) is 1. The number of piperidine rings is 2. The second-order valence-electron chi connectivity index (χ2n) is 9.59. The van der Waals surface area contributed by atoms with Gasteiger partial charge in [0.25, 0.3) is 0 Å². The molecule has 0 aromatic heterocycles. The predicted octanol–water partition coefficient (Wildman–Crippen LogP) is 3.62. The van der Waals surface area contributed by atoms with E-state index in [0.717, 1.165) is 37.2 Å². The fourth-order valence-electron chi connectivity index (χ4n) is 4.94. The summed E-state index contributed by atoms with van der Waals surface area (Å²) in [6.07, 6.45) is 3.48. The van der Waals surface area contributed by atoms with E-state index in [1.807, 2.05) is 41.3 Å². The van der Waals surface area contributed by atoms with Crippen molar-refractivity contribution in [1.82, 2.24) is 15.1 Å². The minimum absolute atomic E-state index is 0.0464. The average Bonchev–Trinajstić information content (AvgIpc) is 2.90. The van der Waals surface area contributed by atoms with Crippen LogP contribution < -0.4 is 14.8 Å². The lowest BCUT2D eigenvalue weighted by Crippen LogP contribution is -2.48. The summed E-state index contributed by atoms with van der Waals surface area (Å²) >= 11 is 0. The van der Waals surface area contributed by atoms with Crippen molar-refractivity contribution in [3.05, 3.63) is 59.9 Å². The number of benzene rings is 2. The lowest BCUT2D eigenvalue weighted by molar-refractivity contribution is -0.136. The molecule has 36 heavy (non-hydrogen) atoms. The van der Waals surface area contributed by atoms with Crippen molar-refractivity contribution in [3.8, 4) is 11.5 Å². The average molecular weight is 498 g/mol. The van der Waals surface area contributed by atoms with Crippen LogP contribution in [-0.2, 0) is 16.1 Å². The molecule has 7 nitrogen and oxygen atoms in total. The molecule has 2 aliphatic heterocycles. The number of amides is 2. The number of hydrogen-bond acceptors (Lipinski definition) is 5. The number of carbonyl (C=O) groups is 2. The SMILES string of the molecule is COc1ccc(CN2CCC(NC(=O)C3CCN(C(=O)CCOc4ccccc4)CC3)CC2)cc1F. The summed E-state index contributed by atoms with van der Waals surface area (Å²) in [6, 6.07) is 14.7. The normalized spacial score (nSPS) is 17.6. The van der Waals surface area contributed by atoms with E-state index in [2.05, 4.69) is 10.2 Å². The van der Waals surface area contributed by atoms with Gasteiger partial charge < -0.3 is 19.7 Å².